The Bertz CT molecular complexity index is 174. The van der Waals surface area contributed by atoms with Crippen molar-refractivity contribution in [2.24, 2.45) is 0 Å². The normalized spacial score (nSPS) is 17.2. The molecule has 1 saturated heterocycles. The van der Waals surface area contributed by atoms with Crippen molar-refractivity contribution < 1.29 is 9.53 Å². The molecule has 0 N–H and O–H groups in total. The maximum absolute atomic E-state index is 10.7. The van der Waals surface area contributed by atoms with Crippen LogP contribution >= 0.6 is 0 Å². The van der Waals surface area contributed by atoms with Crippen LogP contribution in [0.1, 0.15) is 19.3 Å². The Morgan fingerprint density at radius 1 is 1.46 bits per heavy atom. The van der Waals surface area contributed by atoms with Crippen molar-refractivity contribution >= 4 is 5.97 Å². The Balaban J connectivity index is 1.94. The summed E-state index contributed by atoms with van der Waals surface area (Å²) in [6.07, 6.45) is 4.76. The van der Waals surface area contributed by atoms with E-state index in [0.29, 0.717) is 6.61 Å². The zero-order chi connectivity index (χ0) is 9.52. The minimum absolute atomic E-state index is 0.318. The Morgan fingerprint density at radius 2 is 2.15 bits per heavy atom. The van der Waals surface area contributed by atoms with Gasteiger partial charge in [0, 0.05) is 12.6 Å². The van der Waals surface area contributed by atoms with E-state index < -0.39 is 0 Å². The van der Waals surface area contributed by atoms with Crippen LogP contribution in [0.15, 0.2) is 12.7 Å². The fourth-order valence-corrected chi connectivity index (χ4v) is 1.53. The number of carbonyl (C=O) groups excluding carboxylic acids is 1. The zero-order valence-electron chi connectivity index (χ0n) is 8.00. The first-order valence-electron chi connectivity index (χ1n) is 4.84. The summed E-state index contributed by atoms with van der Waals surface area (Å²) in [4.78, 5) is 13.1. The lowest BCUT2D eigenvalue weighted by atomic mass is 10.4. The summed E-state index contributed by atoms with van der Waals surface area (Å²) in [5.41, 5.74) is 0. The lowest BCUT2D eigenvalue weighted by Crippen LogP contribution is -2.21. The van der Waals surface area contributed by atoms with Crippen LogP contribution in [0, 0.1) is 0 Å². The highest BCUT2D eigenvalue weighted by Gasteiger charge is 2.10. The van der Waals surface area contributed by atoms with Crippen LogP contribution in [0.25, 0.3) is 0 Å². The quantitative estimate of drug-likeness (QED) is 0.364. The number of hydrogen-bond donors (Lipinski definition) is 0. The van der Waals surface area contributed by atoms with E-state index in [9.17, 15) is 4.79 Å². The van der Waals surface area contributed by atoms with E-state index in [-0.39, 0.29) is 5.97 Å². The van der Waals surface area contributed by atoms with Gasteiger partial charge >= 0.3 is 5.97 Å². The highest BCUT2D eigenvalue weighted by Crippen LogP contribution is 2.07. The molecular weight excluding hydrogens is 166 g/mol. The Labute approximate surface area is 79.4 Å². The first-order valence-corrected chi connectivity index (χ1v) is 4.84. The lowest BCUT2D eigenvalue weighted by Gasteiger charge is -2.13. The van der Waals surface area contributed by atoms with E-state index in [1.54, 1.807) is 0 Å². The van der Waals surface area contributed by atoms with Gasteiger partial charge in [-0.3, -0.25) is 0 Å². The number of likely N-dealkylation sites (tertiary alicyclic amines) is 1. The second-order valence-electron chi connectivity index (χ2n) is 3.27. The molecule has 0 aliphatic carbocycles. The van der Waals surface area contributed by atoms with Crippen LogP contribution in [-0.4, -0.2) is 37.1 Å². The summed E-state index contributed by atoms with van der Waals surface area (Å²) in [7, 11) is 0. The summed E-state index contributed by atoms with van der Waals surface area (Å²) in [6, 6.07) is 0. The second-order valence-corrected chi connectivity index (χ2v) is 3.27. The molecule has 0 bridgehead atoms. The predicted molar refractivity (Wildman–Crippen MR) is 51.4 cm³/mol. The first kappa shape index (κ1) is 10.3. The molecule has 0 aromatic heterocycles. The van der Waals surface area contributed by atoms with E-state index in [4.69, 9.17) is 4.74 Å². The van der Waals surface area contributed by atoms with Crippen molar-refractivity contribution in [2.45, 2.75) is 19.3 Å². The minimum Gasteiger partial charge on any atom is -0.462 e. The highest BCUT2D eigenvalue weighted by molar-refractivity contribution is 5.81. The van der Waals surface area contributed by atoms with E-state index >= 15 is 0 Å². The maximum atomic E-state index is 10.7. The van der Waals surface area contributed by atoms with Gasteiger partial charge in [0.2, 0.25) is 0 Å². The van der Waals surface area contributed by atoms with Gasteiger partial charge in [0.05, 0.1) is 6.61 Å². The predicted octanol–water partition coefficient (Wildman–Crippen LogP) is 1.20. The Kier molecular flexibility index (Phi) is 4.54. The molecule has 0 unspecified atom stereocenters. The van der Waals surface area contributed by atoms with Gasteiger partial charge in [-0.1, -0.05) is 6.58 Å². The molecule has 1 rings (SSSR count). The molecule has 74 valence electrons. The third-order valence-electron chi connectivity index (χ3n) is 2.23. The van der Waals surface area contributed by atoms with Gasteiger partial charge in [0.15, 0.2) is 0 Å². The monoisotopic (exact) mass is 183 g/mol. The average Bonchev–Trinajstić information content (AvgIpc) is 2.64. The molecule has 1 heterocycles. The zero-order valence-corrected chi connectivity index (χ0v) is 8.00. The van der Waals surface area contributed by atoms with Crippen LogP contribution in [0.2, 0.25) is 0 Å². The third kappa shape index (κ3) is 4.08. The van der Waals surface area contributed by atoms with Crippen molar-refractivity contribution in [2.75, 3.05) is 26.2 Å². The SMILES string of the molecule is C=CC(=O)OCCCN1CCCC1. The average molecular weight is 183 g/mol. The second kappa shape index (κ2) is 5.75. The third-order valence-corrected chi connectivity index (χ3v) is 2.23. The number of ether oxygens (including phenoxy) is 1. The largest absolute Gasteiger partial charge is 0.462 e. The fraction of sp³-hybridized carbons (Fsp3) is 0.700. The van der Waals surface area contributed by atoms with Crippen LogP contribution in [0.4, 0.5) is 0 Å². The topological polar surface area (TPSA) is 29.5 Å². The van der Waals surface area contributed by atoms with Crippen LogP contribution in [0.3, 0.4) is 0 Å². The van der Waals surface area contributed by atoms with Gasteiger partial charge < -0.3 is 9.64 Å². The van der Waals surface area contributed by atoms with Gasteiger partial charge in [-0.2, -0.15) is 0 Å². The molecule has 0 atom stereocenters. The van der Waals surface area contributed by atoms with E-state index in [0.717, 1.165) is 13.0 Å². The molecule has 0 aromatic rings. The number of nitrogens with zero attached hydrogens (tertiary/aromatic N) is 1. The van der Waals surface area contributed by atoms with E-state index in [2.05, 4.69) is 11.5 Å². The molecule has 0 spiro atoms. The molecule has 13 heavy (non-hydrogen) atoms. The van der Waals surface area contributed by atoms with Crippen molar-refractivity contribution in [1.29, 1.82) is 0 Å². The molecule has 1 fully saturated rings. The maximum Gasteiger partial charge on any atom is 0.330 e. The Morgan fingerprint density at radius 3 is 2.77 bits per heavy atom. The van der Waals surface area contributed by atoms with Crippen molar-refractivity contribution in [3.63, 3.8) is 0 Å². The summed E-state index contributed by atoms with van der Waals surface area (Å²) in [6.45, 7) is 7.30. The van der Waals surface area contributed by atoms with Crippen LogP contribution in [0.5, 0.6) is 0 Å². The molecule has 0 amide bonds. The summed E-state index contributed by atoms with van der Waals surface area (Å²) < 4.78 is 4.87. The molecule has 1 aliphatic rings. The van der Waals surface area contributed by atoms with Gasteiger partial charge in [0.1, 0.15) is 0 Å². The van der Waals surface area contributed by atoms with Crippen molar-refractivity contribution in [3.8, 4) is 0 Å². The molecule has 0 saturated carbocycles. The number of rotatable bonds is 5. The lowest BCUT2D eigenvalue weighted by molar-refractivity contribution is -0.137. The van der Waals surface area contributed by atoms with E-state index in [1.165, 1.54) is 32.0 Å². The molecule has 0 radical (unpaired) electrons. The molecule has 3 nitrogen and oxygen atoms in total. The molecule has 3 heteroatoms. The highest BCUT2D eigenvalue weighted by atomic mass is 16.5. The fourth-order valence-electron chi connectivity index (χ4n) is 1.53. The van der Waals surface area contributed by atoms with Gasteiger partial charge in [-0.25, -0.2) is 4.79 Å². The number of carbonyl (C=O) groups is 1. The van der Waals surface area contributed by atoms with Crippen molar-refractivity contribution in [1.82, 2.24) is 4.90 Å². The number of esters is 1. The summed E-state index contributed by atoms with van der Waals surface area (Å²) in [5, 5.41) is 0. The van der Waals surface area contributed by atoms with E-state index in [1.807, 2.05) is 0 Å². The Hall–Kier alpha value is -0.830. The summed E-state index contributed by atoms with van der Waals surface area (Å²) in [5.74, 6) is -0.318. The molecular formula is C10H17NO2. The standard InChI is InChI=1S/C10H17NO2/c1-2-10(12)13-9-5-8-11-6-3-4-7-11/h2H,1,3-9H2. The van der Waals surface area contributed by atoms with Gasteiger partial charge in [-0.15, -0.1) is 0 Å². The molecule has 1 aliphatic heterocycles. The summed E-state index contributed by atoms with van der Waals surface area (Å²) >= 11 is 0. The minimum atomic E-state index is -0.318. The van der Waals surface area contributed by atoms with Gasteiger partial charge in [-0.05, 0) is 32.4 Å². The first-order chi connectivity index (χ1) is 6.33. The van der Waals surface area contributed by atoms with Crippen LogP contribution in [-0.2, 0) is 9.53 Å². The molecule has 0 aromatic carbocycles. The smallest absolute Gasteiger partial charge is 0.330 e. The number of hydrogen-bond acceptors (Lipinski definition) is 3. The van der Waals surface area contributed by atoms with Crippen LogP contribution < -0.4 is 0 Å². The van der Waals surface area contributed by atoms with Gasteiger partial charge in [0.25, 0.3) is 0 Å². The van der Waals surface area contributed by atoms with Crippen molar-refractivity contribution in [3.05, 3.63) is 12.7 Å².